The summed E-state index contributed by atoms with van der Waals surface area (Å²) < 4.78 is 12.3. The number of aromatic nitrogens is 2. The van der Waals surface area contributed by atoms with Crippen LogP contribution in [-0.2, 0) is 16.0 Å². The van der Waals surface area contributed by atoms with Crippen molar-refractivity contribution in [1.82, 2.24) is 9.78 Å². The van der Waals surface area contributed by atoms with Crippen LogP contribution in [0.3, 0.4) is 0 Å². The number of ether oxygens (including phenoxy) is 2. The molecule has 0 unspecified atom stereocenters. The van der Waals surface area contributed by atoms with Gasteiger partial charge in [-0.1, -0.05) is 6.92 Å². The minimum atomic E-state index is -0.822. The van der Waals surface area contributed by atoms with Crippen molar-refractivity contribution in [2.75, 3.05) is 13.2 Å². The standard InChI is InChI=1S/C12H20N2O3/c1-4-9-14-10(7-8-13-14)11(15)12(16-5-2)17-6-3/h7-8,12H,4-6,9H2,1-3H3. The SMILES string of the molecule is CCCn1nccc1C(=O)C(OCC)OCC. The first-order chi connectivity index (χ1) is 8.24. The number of hydrogen-bond donors (Lipinski definition) is 0. The van der Waals surface area contributed by atoms with Gasteiger partial charge in [0.1, 0.15) is 5.69 Å². The van der Waals surface area contributed by atoms with Gasteiger partial charge in [-0.15, -0.1) is 0 Å². The lowest BCUT2D eigenvalue weighted by Crippen LogP contribution is -2.29. The highest BCUT2D eigenvalue weighted by Gasteiger charge is 2.23. The number of carbonyl (C=O) groups excluding carboxylic acids is 1. The molecule has 0 atom stereocenters. The Morgan fingerprint density at radius 1 is 1.35 bits per heavy atom. The molecule has 0 N–H and O–H groups in total. The summed E-state index contributed by atoms with van der Waals surface area (Å²) in [5, 5.41) is 4.11. The van der Waals surface area contributed by atoms with Crippen LogP contribution >= 0.6 is 0 Å². The van der Waals surface area contributed by atoms with Gasteiger partial charge in [-0.3, -0.25) is 9.48 Å². The molecule has 5 nitrogen and oxygen atoms in total. The van der Waals surface area contributed by atoms with E-state index in [1.54, 1.807) is 16.9 Å². The van der Waals surface area contributed by atoms with E-state index in [2.05, 4.69) is 5.10 Å². The fourth-order valence-electron chi connectivity index (χ4n) is 1.55. The third kappa shape index (κ3) is 3.64. The fourth-order valence-corrected chi connectivity index (χ4v) is 1.55. The predicted molar refractivity (Wildman–Crippen MR) is 63.9 cm³/mol. The molecule has 96 valence electrons. The number of nitrogens with zero attached hydrogens (tertiary/aromatic N) is 2. The average Bonchev–Trinajstić information content (AvgIpc) is 2.77. The van der Waals surface area contributed by atoms with Crippen molar-refractivity contribution >= 4 is 5.78 Å². The van der Waals surface area contributed by atoms with Gasteiger partial charge in [-0.2, -0.15) is 5.10 Å². The third-order valence-corrected chi connectivity index (χ3v) is 2.25. The highest BCUT2D eigenvalue weighted by Crippen LogP contribution is 2.08. The van der Waals surface area contributed by atoms with Gasteiger partial charge in [-0.25, -0.2) is 0 Å². The molecule has 0 radical (unpaired) electrons. The van der Waals surface area contributed by atoms with Gasteiger partial charge in [-0.05, 0) is 26.3 Å². The molecule has 0 aliphatic heterocycles. The summed E-state index contributed by atoms with van der Waals surface area (Å²) in [5.74, 6) is -0.167. The van der Waals surface area contributed by atoms with E-state index in [1.165, 1.54) is 0 Å². The van der Waals surface area contributed by atoms with Crippen LogP contribution in [0.15, 0.2) is 12.3 Å². The van der Waals surface area contributed by atoms with E-state index < -0.39 is 6.29 Å². The lowest BCUT2D eigenvalue weighted by molar-refractivity contribution is -0.107. The molecule has 0 aliphatic rings. The van der Waals surface area contributed by atoms with Crippen LogP contribution in [0, 0.1) is 0 Å². The van der Waals surface area contributed by atoms with Gasteiger partial charge < -0.3 is 9.47 Å². The van der Waals surface area contributed by atoms with Crippen LogP contribution in [0.25, 0.3) is 0 Å². The summed E-state index contributed by atoms with van der Waals surface area (Å²) in [6.45, 7) is 7.32. The van der Waals surface area contributed by atoms with Crippen LogP contribution in [0.4, 0.5) is 0 Å². The quantitative estimate of drug-likeness (QED) is 0.514. The van der Waals surface area contributed by atoms with E-state index in [0.717, 1.165) is 13.0 Å². The van der Waals surface area contributed by atoms with Crippen molar-refractivity contribution in [2.24, 2.45) is 0 Å². The van der Waals surface area contributed by atoms with Gasteiger partial charge in [0.2, 0.25) is 12.1 Å². The summed E-state index contributed by atoms with van der Waals surface area (Å²) in [4.78, 5) is 12.2. The molecule has 0 saturated carbocycles. The summed E-state index contributed by atoms with van der Waals surface area (Å²) in [5.41, 5.74) is 0.541. The maximum atomic E-state index is 12.2. The first-order valence-corrected chi connectivity index (χ1v) is 6.03. The first kappa shape index (κ1) is 13.9. The molecule has 0 amide bonds. The van der Waals surface area contributed by atoms with Gasteiger partial charge in [0.25, 0.3) is 0 Å². The second-order valence-corrected chi connectivity index (χ2v) is 3.55. The first-order valence-electron chi connectivity index (χ1n) is 6.03. The van der Waals surface area contributed by atoms with E-state index in [1.807, 2.05) is 20.8 Å². The summed E-state index contributed by atoms with van der Waals surface area (Å²) >= 11 is 0. The van der Waals surface area contributed by atoms with Crippen LogP contribution in [0.1, 0.15) is 37.7 Å². The third-order valence-electron chi connectivity index (χ3n) is 2.25. The average molecular weight is 240 g/mol. The normalized spacial score (nSPS) is 11.1. The van der Waals surface area contributed by atoms with E-state index in [-0.39, 0.29) is 5.78 Å². The van der Waals surface area contributed by atoms with Crippen molar-refractivity contribution in [2.45, 2.75) is 40.0 Å². The minimum absolute atomic E-state index is 0.167. The maximum Gasteiger partial charge on any atom is 0.236 e. The second-order valence-electron chi connectivity index (χ2n) is 3.55. The summed E-state index contributed by atoms with van der Waals surface area (Å²) in [7, 11) is 0. The molecule has 1 aromatic heterocycles. The second kappa shape index (κ2) is 7.19. The van der Waals surface area contributed by atoms with E-state index >= 15 is 0 Å². The molecule has 0 saturated heterocycles. The van der Waals surface area contributed by atoms with E-state index in [4.69, 9.17) is 9.47 Å². The molecule has 5 heteroatoms. The van der Waals surface area contributed by atoms with Crippen molar-refractivity contribution in [3.8, 4) is 0 Å². The van der Waals surface area contributed by atoms with Crippen molar-refractivity contribution in [1.29, 1.82) is 0 Å². The van der Waals surface area contributed by atoms with Crippen molar-refractivity contribution < 1.29 is 14.3 Å². The number of carbonyl (C=O) groups is 1. The number of Topliss-reactive ketones (excluding diaryl/α,β-unsaturated/α-hetero) is 1. The van der Waals surface area contributed by atoms with Gasteiger partial charge in [0.15, 0.2) is 0 Å². The molecule has 1 rings (SSSR count). The van der Waals surface area contributed by atoms with E-state index in [0.29, 0.717) is 18.9 Å². The molecular weight excluding hydrogens is 220 g/mol. The summed E-state index contributed by atoms with van der Waals surface area (Å²) in [6, 6.07) is 1.70. The molecule has 17 heavy (non-hydrogen) atoms. The Morgan fingerprint density at radius 3 is 2.53 bits per heavy atom. The van der Waals surface area contributed by atoms with Crippen LogP contribution in [-0.4, -0.2) is 35.1 Å². The molecule has 0 fully saturated rings. The predicted octanol–water partition coefficient (Wildman–Crippen LogP) is 1.87. The number of aryl methyl sites for hydroxylation is 1. The van der Waals surface area contributed by atoms with E-state index in [9.17, 15) is 4.79 Å². The Labute approximate surface area is 102 Å². The molecule has 1 heterocycles. The zero-order valence-corrected chi connectivity index (χ0v) is 10.7. The van der Waals surface area contributed by atoms with Crippen LogP contribution in [0.5, 0.6) is 0 Å². The topological polar surface area (TPSA) is 53.4 Å². The fraction of sp³-hybridized carbons (Fsp3) is 0.667. The molecule has 0 spiro atoms. The Hall–Kier alpha value is -1.20. The number of hydrogen-bond acceptors (Lipinski definition) is 4. The molecular formula is C12H20N2O3. The lowest BCUT2D eigenvalue weighted by atomic mass is 10.2. The highest BCUT2D eigenvalue weighted by molar-refractivity contribution is 5.97. The number of rotatable bonds is 8. The maximum absolute atomic E-state index is 12.2. The number of ketones is 1. The Morgan fingerprint density at radius 2 is 2.00 bits per heavy atom. The highest BCUT2D eigenvalue weighted by atomic mass is 16.7. The molecule has 0 aromatic carbocycles. The Kier molecular flexibility index (Phi) is 5.86. The lowest BCUT2D eigenvalue weighted by Gasteiger charge is -2.16. The van der Waals surface area contributed by atoms with Gasteiger partial charge in [0.05, 0.1) is 0 Å². The van der Waals surface area contributed by atoms with Crippen LogP contribution < -0.4 is 0 Å². The van der Waals surface area contributed by atoms with Gasteiger partial charge in [0, 0.05) is 26.0 Å². The van der Waals surface area contributed by atoms with Crippen molar-refractivity contribution in [3.63, 3.8) is 0 Å². The molecule has 1 aromatic rings. The minimum Gasteiger partial charge on any atom is -0.346 e. The zero-order chi connectivity index (χ0) is 12.7. The zero-order valence-electron chi connectivity index (χ0n) is 10.7. The summed E-state index contributed by atoms with van der Waals surface area (Å²) in [6.07, 6.45) is 1.73. The molecule has 0 bridgehead atoms. The molecule has 0 aliphatic carbocycles. The van der Waals surface area contributed by atoms with Crippen LogP contribution in [0.2, 0.25) is 0 Å². The Balaban J connectivity index is 2.80. The van der Waals surface area contributed by atoms with Crippen molar-refractivity contribution in [3.05, 3.63) is 18.0 Å². The largest absolute Gasteiger partial charge is 0.346 e. The smallest absolute Gasteiger partial charge is 0.236 e. The monoisotopic (exact) mass is 240 g/mol. The van der Waals surface area contributed by atoms with Gasteiger partial charge >= 0.3 is 0 Å². The Bertz CT molecular complexity index is 343.